The molecule has 21 heavy (non-hydrogen) atoms. The highest BCUT2D eigenvalue weighted by Gasteiger charge is 2.32. The molecule has 1 saturated heterocycles. The molecule has 2 heterocycles. The zero-order valence-corrected chi connectivity index (χ0v) is 12.8. The van der Waals surface area contributed by atoms with E-state index in [2.05, 4.69) is 10.2 Å². The minimum atomic E-state index is -0.804. The average Bonchev–Trinajstić information content (AvgIpc) is 2.41. The zero-order valence-electron chi connectivity index (χ0n) is 12.8. The van der Waals surface area contributed by atoms with Crippen molar-refractivity contribution in [1.29, 1.82) is 5.41 Å². The average molecular weight is 293 g/mol. The number of likely N-dealkylation sites (N-methyl/N-ethyl adjacent to an activating group) is 1. The predicted molar refractivity (Wildman–Crippen MR) is 80.8 cm³/mol. The summed E-state index contributed by atoms with van der Waals surface area (Å²) in [5.41, 5.74) is 7.07. The van der Waals surface area contributed by atoms with E-state index in [1.54, 1.807) is 0 Å². The summed E-state index contributed by atoms with van der Waals surface area (Å²) in [6.07, 6.45) is 1.18. The molecule has 0 atom stereocenters. The molecule has 0 spiro atoms. The number of nitrogens with one attached hydrogen (secondary N) is 1. The molecule has 0 unspecified atom stereocenters. The Balaban J connectivity index is 2.28. The van der Waals surface area contributed by atoms with Crippen LogP contribution in [0.3, 0.4) is 0 Å². The van der Waals surface area contributed by atoms with Crippen molar-refractivity contribution in [3.8, 4) is 0 Å². The standard InChI is InChI=1S/C14H23N5O2/c1-9-10(2)17-18-13(11(9)12(15)16)19(3)8-14(20)4-6-21-7-5-14/h20H,4-8H2,1-3H3,(H3,15,16). The molecule has 1 aromatic heterocycles. The van der Waals surface area contributed by atoms with Gasteiger partial charge in [-0.3, -0.25) is 5.41 Å². The summed E-state index contributed by atoms with van der Waals surface area (Å²) in [6, 6.07) is 0. The summed E-state index contributed by atoms with van der Waals surface area (Å²) >= 11 is 0. The Morgan fingerprint density at radius 1 is 1.38 bits per heavy atom. The van der Waals surface area contributed by atoms with Crippen LogP contribution in [-0.4, -0.2) is 53.5 Å². The van der Waals surface area contributed by atoms with E-state index in [9.17, 15) is 5.11 Å². The first kappa shape index (κ1) is 15.7. The Labute approximate surface area is 124 Å². The third-order valence-electron chi connectivity index (χ3n) is 4.02. The zero-order chi connectivity index (χ0) is 15.6. The minimum absolute atomic E-state index is 0.0358. The Morgan fingerprint density at radius 3 is 2.57 bits per heavy atom. The topological polar surface area (TPSA) is 108 Å². The van der Waals surface area contributed by atoms with Crippen LogP contribution in [0, 0.1) is 19.3 Å². The van der Waals surface area contributed by atoms with Gasteiger partial charge in [0.05, 0.1) is 16.9 Å². The molecule has 2 rings (SSSR count). The summed E-state index contributed by atoms with van der Waals surface area (Å²) in [7, 11) is 1.83. The number of ether oxygens (including phenoxy) is 1. The van der Waals surface area contributed by atoms with E-state index in [0.29, 0.717) is 44.0 Å². The maximum atomic E-state index is 10.6. The molecule has 7 nitrogen and oxygen atoms in total. The lowest BCUT2D eigenvalue weighted by molar-refractivity contribution is -0.0573. The lowest BCUT2D eigenvalue weighted by Crippen LogP contribution is -2.46. The fourth-order valence-corrected chi connectivity index (χ4v) is 2.61. The Kier molecular flexibility index (Phi) is 4.43. The number of aliphatic hydroxyl groups is 1. The van der Waals surface area contributed by atoms with Gasteiger partial charge in [-0.1, -0.05) is 0 Å². The van der Waals surface area contributed by atoms with Gasteiger partial charge in [0.2, 0.25) is 0 Å². The van der Waals surface area contributed by atoms with E-state index in [-0.39, 0.29) is 5.84 Å². The first-order valence-electron chi connectivity index (χ1n) is 7.03. The van der Waals surface area contributed by atoms with E-state index in [4.69, 9.17) is 15.9 Å². The van der Waals surface area contributed by atoms with Gasteiger partial charge < -0.3 is 20.5 Å². The maximum absolute atomic E-state index is 10.6. The fourth-order valence-electron chi connectivity index (χ4n) is 2.61. The lowest BCUT2D eigenvalue weighted by atomic mass is 9.93. The second kappa shape index (κ2) is 5.95. The van der Waals surface area contributed by atoms with Crippen molar-refractivity contribution in [2.75, 3.05) is 31.7 Å². The molecule has 7 heteroatoms. The van der Waals surface area contributed by atoms with Crippen molar-refractivity contribution >= 4 is 11.7 Å². The quantitative estimate of drug-likeness (QED) is 0.546. The van der Waals surface area contributed by atoms with Crippen molar-refractivity contribution in [2.24, 2.45) is 5.73 Å². The minimum Gasteiger partial charge on any atom is -0.388 e. The second-order valence-corrected chi connectivity index (χ2v) is 5.72. The molecule has 4 N–H and O–H groups in total. The van der Waals surface area contributed by atoms with Crippen LogP contribution in [0.4, 0.5) is 5.82 Å². The van der Waals surface area contributed by atoms with Crippen LogP contribution in [0.25, 0.3) is 0 Å². The molecule has 0 amide bonds. The Morgan fingerprint density at radius 2 is 2.00 bits per heavy atom. The van der Waals surface area contributed by atoms with Crippen LogP contribution < -0.4 is 10.6 Å². The highest BCUT2D eigenvalue weighted by atomic mass is 16.5. The molecule has 0 aliphatic carbocycles. The number of hydrogen-bond acceptors (Lipinski definition) is 6. The molecule has 1 aromatic rings. The third kappa shape index (κ3) is 3.30. The normalized spacial score (nSPS) is 17.5. The SMILES string of the molecule is Cc1nnc(N(C)CC2(O)CCOCC2)c(C(=N)N)c1C. The second-order valence-electron chi connectivity index (χ2n) is 5.72. The molecule has 0 aromatic carbocycles. The highest BCUT2D eigenvalue weighted by molar-refractivity contribution is 6.01. The molecule has 116 valence electrons. The Hall–Kier alpha value is -1.73. The number of rotatable bonds is 4. The van der Waals surface area contributed by atoms with Gasteiger partial charge in [0, 0.05) is 39.6 Å². The summed E-state index contributed by atoms with van der Waals surface area (Å²) in [6.45, 7) is 5.24. The number of anilines is 1. The van der Waals surface area contributed by atoms with Crippen LogP contribution in [0.1, 0.15) is 29.7 Å². The van der Waals surface area contributed by atoms with Crippen LogP contribution in [0.2, 0.25) is 0 Å². The van der Waals surface area contributed by atoms with Gasteiger partial charge >= 0.3 is 0 Å². The molecular weight excluding hydrogens is 270 g/mol. The van der Waals surface area contributed by atoms with Crippen LogP contribution in [-0.2, 0) is 4.74 Å². The smallest absolute Gasteiger partial charge is 0.162 e. The fraction of sp³-hybridized carbons (Fsp3) is 0.643. The lowest BCUT2D eigenvalue weighted by Gasteiger charge is -2.36. The van der Waals surface area contributed by atoms with Gasteiger partial charge in [0.1, 0.15) is 5.84 Å². The first-order chi connectivity index (χ1) is 9.84. The van der Waals surface area contributed by atoms with Crippen molar-refractivity contribution < 1.29 is 9.84 Å². The molecular formula is C14H23N5O2. The van der Waals surface area contributed by atoms with Crippen molar-refractivity contribution in [3.05, 3.63) is 16.8 Å². The van der Waals surface area contributed by atoms with Gasteiger partial charge in [0.25, 0.3) is 0 Å². The molecule has 1 aliphatic rings. The van der Waals surface area contributed by atoms with E-state index >= 15 is 0 Å². The van der Waals surface area contributed by atoms with Gasteiger partial charge in [0.15, 0.2) is 5.82 Å². The highest BCUT2D eigenvalue weighted by Crippen LogP contribution is 2.26. The molecule has 0 radical (unpaired) electrons. The van der Waals surface area contributed by atoms with Crippen LogP contribution >= 0.6 is 0 Å². The third-order valence-corrected chi connectivity index (χ3v) is 4.02. The molecule has 0 saturated carbocycles. The number of amidine groups is 1. The number of aryl methyl sites for hydroxylation is 1. The molecule has 0 bridgehead atoms. The van der Waals surface area contributed by atoms with E-state index < -0.39 is 5.60 Å². The van der Waals surface area contributed by atoms with Gasteiger partial charge in [-0.25, -0.2) is 0 Å². The summed E-state index contributed by atoms with van der Waals surface area (Å²) in [4.78, 5) is 1.82. The largest absolute Gasteiger partial charge is 0.388 e. The summed E-state index contributed by atoms with van der Waals surface area (Å²) in [5.74, 6) is 0.497. The van der Waals surface area contributed by atoms with E-state index in [0.717, 1.165) is 11.3 Å². The van der Waals surface area contributed by atoms with Gasteiger partial charge in [-0.2, -0.15) is 5.10 Å². The maximum Gasteiger partial charge on any atom is 0.162 e. The van der Waals surface area contributed by atoms with Crippen LogP contribution in [0.15, 0.2) is 0 Å². The van der Waals surface area contributed by atoms with Crippen molar-refractivity contribution in [3.63, 3.8) is 0 Å². The Bertz CT molecular complexity index is 540. The monoisotopic (exact) mass is 293 g/mol. The van der Waals surface area contributed by atoms with Gasteiger partial charge in [-0.15, -0.1) is 5.10 Å². The number of nitrogens with zero attached hydrogens (tertiary/aromatic N) is 3. The van der Waals surface area contributed by atoms with E-state index in [1.807, 2.05) is 25.8 Å². The van der Waals surface area contributed by atoms with Gasteiger partial charge in [-0.05, 0) is 19.4 Å². The van der Waals surface area contributed by atoms with Crippen molar-refractivity contribution in [1.82, 2.24) is 10.2 Å². The summed E-state index contributed by atoms with van der Waals surface area (Å²) in [5, 5.41) is 26.7. The summed E-state index contributed by atoms with van der Waals surface area (Å²) < 4.78 is 5.29. The predicted octanol–water partition coefficient (Wildman–Crippen LogP) is 0.355. The number of aromatic nitrogens is 2. The number of nitrogens with two attached hydrogens (primary N) is 1. The number of hydrogen-bond donors (Lipinski definition) is 3. The van der Waals surface area contributed by atoms with Crippen molar-refractivity contribution in [2.45, 2.75) is 32.3 Å². The van der Waals surface area contributed by atoms with Crippen LogP contribution in [0.5, 0.6) is 0 Å². The molecule has 1 aliphatic heterocycles. The molecule has 1 fully saturated rings. The first-order valence-corrected chi connectivity index (χ1v) is 7.03. The van der Waals surface area contributed by atoms with E-state index in [1.165, 1.54) is 0 Å². The number of nitrogen functional groups attached to an aromatic ring is 1.